The van der Waals surface area contributed by atoms with Gasteiger partial charge >= 0.3 is 0 Å². The zero-order valence-corrected chi connectivity index (χ0v) is 12.0. The monoisotopic (exact) mass is 282 g/mol. The van der Waals surface area contributed by atoms with Crippen LogP contribution in [0.25, 0.3) is 0 Å². The van der Waals surface area contributed by atoms with Gasteiger partial charge in [0.2, 0.25) is 0 Å². The molecule has 0 aliphatic heterocycles. The van der Waals surface area contributed by atoms with Gasteiger partial charge in [0.15, 0.2) is 0 Å². The lowest BCUT2D eigenvalue weighted by Crippen LogP contribution is -2.24. The molecule has 1 aromatic heterocycles. The second-order valence-electron chi connectivity index (χ2n) is 4.63. The SMILES string of the molecule is C=CCNc1cnc(C(=O)NCc2cccc(C)c2)cn1. The van der Waals surface area contributed by atoms with E-state index in [4.69, 9.17) is 0 Å². The predicted molar refractivity (Wildman–Crippen MR) is 83.1 cm³/mol. The molecule has 0 saturated heterocycles. The van der Waals surface area contributed by atoms with E-state index in [1.165, 1.54) is 18.0 Å². The normalized spacial score (nSPS) is 9.95. The quantitative estimate of drug-likeness (QED) is 0.798. The molecule has 0 radical (unpaired) electrons. The van der Waals surface area contributed by atoms with Gasteiger partial charge in [-0.1, -0.05) is 35.9 Å². The second-order valence-corrected chi connectivity index (χ2v) is 4.63. The summed E-state index contributed by atoms with van der Waals surface area (Å²) in [5.74, 6) is 0.379. The summed E-state index contributed by atoms with van der Waals surface area (Å²) >= 11 is 0. The number of aromatic nitrogens is 2. The van der Waals surface area contributed by atoms with Crippen molar-refractivity contribution in [3.05, 3.63) is 66.1 Å². The second kappa shape index (κ2) is 7.19. The van der Waals surface area contributed by atoms with E-state index in [0.29, 0.717) is 24.6 Å². The molecule has 1 aromatic carbocycles. The van der Waals surface area contributed by atoms with Crippen LogP contribution in [0.2, 0.25) is 0 Å². The molecule has 0 saturated carbocycles. The number of hydrogen-bond acceptors (Lipinski definition) is 4. The topological polar surface area (TPSA) is 66.9 Å². The first kappa shape index (κ1) is 14.7. The van der Waals surface area contributed by atoms with Gasteiger partial charge < -0.3 is 10.6 Å². The minimum Gasteiger partial charge on any atom is -0.365 e. The molecule has 5 heteroatoms. The Labute approximate surface area is 124 Å². The smallest absolute Gasteiger partial charge is 0.271 e. The van der Waals surface area contributed by atoms with Gasteiger partial charge in [-0.05, 0) is 12.5 Å². The van der Waals surface area contributed by atoms with Crippen LogP contribution >= 0.6 is 0 Å². The first-order valence-electron chi connectivity index (χ1n) is 6.69. The van der Waals surface area contributed by atoms with Gasteiger partial charge in [-0.3, -0.25) is 4.79 Å². The molecule has 5 nitrogen and oxygen atoms in total. The van der Waals surface area contributed by atoms with Gasteiger partial charge in [0.1, 0.15) is 11.5 Å². The molecule has 0 aliphatic carbocycles. The highest BCUT2D eigenvalue weighted by molar-refractivity contribution is 5.91. The number of anilines is 1. The highest BCUT2D eigenvalue weighted by atomic mass is 16.1. The molecular weight excluding hydrogens is 264 g/mol. The Balaban J connectivity index is 1.92. The average molecular weight is 282 g/mol. The number of carbonyl (C=O) groups is 1. The largest absolute Gasteiger partial charge is 0.365 e. The molecular formula is C16H18N4O. The summed E-state index contributed by atoms with van der Waals surface area (Å²) in [7, 11) is 0. The molecule has 1 heterocycles. The van der Waals surface area contributed by atoms with Crippen LogP contribution in [0.3, 0.4) is 0 Å². The van der Waals surface area contributed by atoms with Crippen LogP contribution in [0.1, 0.15) is 21.6 Å². The van der Waals surface area contributed by atoms with Crippen molar-refractivity contribution in [1.82, 2.24) is 15.3 Å². The Morgan fingerprint density at radius 1 is 1.33 bits per heavy atom. The van der Waals surface area contributed by atoms with Crippen molar-refractivity contribution in [2.45, 2.75) is 13.5 Å². The summed E-state index contributed by atoms with van der Waals surface area (Å²) in [4.78, 5) is 20.2. The van der Waals surface area contributed by atoms with Crippen molar-refractivity contribution >= 4 is 11.7 Å². The minimum absolute atomic E-state index is 0.237. The molecule has 108 valence electrons. The number of hydrogen-bond donors (Lipinski definition) is 2. The Bertz CT molecular complexity index is 622. The number of nitrogens with one attached hydrogen (secondary N) is 2. The molecule has 1 amide bonds. The van der Waals surface area contributed by atoms with Crippen molar-refractivity contribution in [3.8, 4) is 0 Å². The first-order valence-corrected chi connectivity index (χ1v) is 6.69. The molecule has 0 fully saturated rings. The number of aryl methyl sites for hydroxylation is 1. The maximum atomic E-state index is 12.0. The van der Waals surface area contributed by atoms with E-state index < -0.39 is 0 Å². The van der Waals surface area contributed by atoms with Crippen LogP contribution in [-0.2, 0) is 6.54 Å². The van der Waals surface area contributed by atoms with Crippen molar-refractivity contribution in [2.24, 2.45) is 0 Å². The summed E-state index contributed by atoms with van der Waals surface area (Å²) in [6, 6.07) is 8.00. The third kappa shape index (κ3) is 4.42. The zero-order valence-electron chi connectivity index (χ0n) is 12.0. The number of nitrogens with zero attached hydrogens (tertiary/aromatic N) is 2. The zero-order chi connectivity index (χ0) is 15.1. The van der Waals surface area contributed by atoms with Crippen molar-refractivity contribution in [2.75, 3.05) is 11.9 Å². The van der Waals surface area contributed by atoms with Gasteiger partial charge in [-0.15, -0.1) is 6.58 Å². The Morgan fingerprint density at radius 2 is 2.19 bits per heavy atom. The molecule has 0 unspecified atom stereocenters. The summed E-state index contributed by atoms with van der Waals surface area (Å²) in [5, 5.41) is 5.83. The molecule has 0 bridgehead atoms. The Morgan fingerprint density at radius 3 is 2.86 bits per heavy atom. The lowest BCUT2D eigenvalue weighted by atomic mass is 10.1. The maximum absolute atomic E-state index is 12.0. The standard InChI is InChI=1S/C16H18N4O/c1-3-7-17-15-11-18-14(10-19-15)16(21)20-9-13-6-4-5-12(2)8-13/h3-6,8,10-11H,1,7,9H2,2H3,(H,17,19)(H,20,21). The van der Waals surface area contributed by atoms with Crippen LogP contribution in [0.15, 0.2) is 49.3 Å². The summed E-state index contributed by atoms with van der Waals surface area (Å²) in [5.41, 5.74) is 2.52. The summed E-state index contributed by atoms with van der Waals surface area (Å²) < 4.78 is 0. The molecule has 0 spiro atoms. The lowest BCUT2D eigenvalue weighted by Gasteiger charge is -2.06. The fraction of sp³-hybridized carbons (Fsp3) is 0.188. The van der Waals surface area contributed by atoms with Gasteiger partial charge in [-0.25, -0.2) is 9.97 Å². The lowest BCUT2D eigenvalue weighted by molar-refractivity contribution is 0.0945. The van der Waals surface area contributed by atoms with E-state index in [9.17, 15) is 4.79 Å². The van der Waals surface area contributed by atoms with E-state index in [1.807, 2.05) is 31.2 Å². The molecule has 0 atom stereocenters. The van der Waals surface area contributed by atoms with Gasteiger partial charge in [0, 0.05) is 13.1 Å². The average Bonchev–Trinajstić information content (AvgIpc) is 2.51. The third-order valence-electron chi connectivity index (χ3n) is 2.85. The van der Waals surface area contributed by atoms with Gasteiger partial charge in [0.25, 0.3) is 5.91 Å². The van der Waals surface area contributed by atoms with E-state index >= 15 is 0 Å². The van der Waals surface area contributed by atoms with Gasteiger partial charge in [0.05, 0.1) is 12.4 Å². The molecule has 21 heavy (non-hydrogen) atoms. The van der Waals surface area contributed by atoms with Crippen LogP contribution in [0, 0.1) is 6.92 Å². The maximum Gasteiger partial charge on any atom is 0.271 e. The summed E-state index contributed by atoms with van der Waals surface area (Å²) in [6.07, 6.45) is 4.71. The van der Waals surface area contributed by atoms with E-state index in [2.05, 4.69) is 27.2 Å². The van der Waals surface area contributed by atoms with Crippen LogP contribution < -0.4 is 10.6 Å². The van der Waals surface area contributed by atoms with Crippen molar-refractivity contribution in [3.63, 3.8) is 0 Å². The molecule has 2 aromatic rings. The highest BCUT2D eigenvalue weighted by Crippen LogP contribution is 2.04. The Kier molecular flexibility index (Phi) is 5.04. The highest BCUT2D eigenvalue weighted by Gasteiger charge is 2.07. The van der Waals surface area contributed by atoms with Gasteiger partial charge in [-0.2, -0.15) is 0 Å². The third-order valence-corrected chi connectivity index (χ3v) is 2.85. The fourth-order valence-electron chi connectivity index (χ4n) is 1.81. The van der Waals surface area contributed by atoms with Crippen molar-refractivity contribution < 1.29 is 4.79 Å². The Hall–Kier alpha value is -2.69. The van der Waals surface area contributed by atoms with E-state index in [-0.39, 0.29) is 5.91 Å². The molecule has 2 N–H and O–H groups in total. The summed E-state index contributed by atoms with van der Waals surface area (Å²) in [6.45, 7) is 6.70. The number of carbonyl (C=O) groups excluding carboxylic acids is 1. The first-order chi connectivity index (χ1) is 10.2. The van der Waals surface area contributed by atoms with E-state index in [1.54, 1.807) is 6.08 Å². The number of benzene rings is 1. The number of rotatable bonds is 6. The van der Waals surface area contributed by atoms with Crippen LogP contribution in [-0.4, -0.2) is 22.4 Å². The molecule has 0 aliphatic rings. The van der Waals surface area contributed by atoms with Crippen LogP contribution in [0.4, 0.5) is 5.82 Å². The van der Waals surface area contributed by atoms with Crippen LogP contribution in [0.5, 0.6) is 0 Å². The fourth-order valence-corrected chi connectivity index (χ4v) is 1.81. The van der Waals surface area contributed by atoms with E-state index in [0.717, 1.165) is 5.56 Å². The predicted octanol–water partition coefficient (Wildman–Crippen LogP) is 2.31. The van der Waals surface area contributed by atoms with Crippen molar-refractivity contribution in [1.29, 1.82) is 0 Å². The number of amides is 1. The molecule has 2 rings (SSSR count). The minimum atomic E-state index is -0.237.